The summed E-state index contributed by atoms with van der Waals surface area (Å²) in [6.45, 7) is 3.27. The lowest BCUT2D eigenvalue weighted by Gasteiger charge is -2.37. The number of benzene rings is 2. The number of nitrogens with zero attached hydrogens (tertiary/aromatic N) is 3. The SMILES string of the molecule is O=C1CCC(N2C(=O)c3cc4c(cc3C2=O)CN(C2CCN(c3ccc(C(=O)NC5CCCCC5)cc3)CC2)C4)C(=O)N1. The molecule has 5 amide bonds. The molecule has 0 spiro atoms. The highest BCUT2D eigenvalue weighted by Crippen LogP contribution is 2.35. The number of nitrogens with one attached hydrogen (secondary N) is 2. The van der Waals surface area contributed by atoms with E-state index in [4.69, 9.17) is 0 Å². The van der Waals surface area contributed by atoms with Crippen molar-refractivity contribution in [1.29, 1.82) is 0 Å². The number of imide groups is 2. The minimum atomic E-state index is -0.948. The highest BCUT2D eigenvalue weighted by molar-refractivity contribution is 6.23. The van der Waals surface area contributed by atoms with E-state index in [1.165, 1.54) is 19.3 Å². The second kappa shape index (κ2) is 11.2. The van der Waals surface area contributed by atoms with Crippen LogP contribution in [0.25, 0.3) is 0 Å². The second-order valence-corrected chi connectivity index (χ2v) is 12.6. The van der Waals surface area contributed by atoms with Gasteiger partial charge in [-0.2, -0.15) is 0 Å². The van der Waals surface area contributed by atoms with Crippen molar-refractivity contribution < 1.29 is 24.0 Å². The van der Waals surface area contributed by atoms with Crippen molar-refractivity contribution in [3.8, 4) is 0 Å². The van der Waals surface area contributed by atoms with Gasteiger partial charge in [0.25, 0.3) is 17.7 Å². The number of rotatable bonds is 5. The maximum absolute atomic E-state index is 13.2. The molecule has 1 atom stereocenters. The summed E-state index contributed by atoms with van der Waals surface area (Å²) in [4.78, 5) is 68.9. The Bertz CT molecular complexity index is 1440. The lowest BCUT2D eigenvalue weighted by atomic mass is 9.95. The summed E-state index contributed by atoms with van der Waals surface area (Å²) >= 11 is 0. The Morgan fingerprint density at radius 2 is 1.42 bits per heavy atom. The lowest BCUT2D eigenvalue weighted by Crippen LogP contribution is -2.54. The summed E-state index contributed by atoms with van der Waals surface area (Å²) in [5.41, 5.74) is 4.64. The van der Waals surface area contributed by atoms with E-state index in [2.05, 4.69) is 32.6 Å². The average Bonchev–Trinajstić information content (AvgIpc) is 3.55. The number of fused-ring (bicyclic) bond motifs is 2. The normalized spacial score (nSPS) is 23.4. The molecule has 5 aliphatic rings. The van der Waals surface area contributed by atoms with Gasteiger partial charge in [0.2, 0.25) is 11.8 Å². The van der Waals surface area contributed by atoms with E-state index in [9.17, 15) is 24.0 Å². The third-order valence-electron chi connectivity index (χ3n) is 9.92. The Hall–Kier alpha value is -4.05. The molecule has 1 aliphatic carbocycles. The molecule has 43 heavy (non-hydrogen) atoms. The molecular formula is C33H37N5O5. The van der Waals surface area contributed by atoms with Gasteiger partial charge >= 0.3 is 0 Å². The number of carbonyl (C=O) groups is 5. The molecule has 2 aromatic rings. The zero-order chi connectivity index (χ0) is 29.7. The van der Waals surface area contributed by atoms with E-state index in [1.807, 2.05) is 24.3 Å². The van der Waals surface area contributed by atoms with E-state index >= 15 is 0 Å². The molecule has 0 aromatic heterocycles. The fourth-order valence-corrected chi connectivity index (χ4v) is 7.48. The van der Waals surface area contributed by atoms with E-state index in [1.54, 1.807) is 0 Å². The van der Waals surface area contributed by atoms with Gasteiger partial charge in [0, 0.05) is 55.9 Å². The van der Waals surface area contributed by atoms with E-state index in [0.717, 1.165) is 73.6 Å². The number of amides is 5. The van der Waals surface area contributed by atoms with Crippen LogP contribution in [0.1, 0.15) is 100.0 Å². The van der Waals surface area contributed by atoms with Gasteiger partial charge in [-0.05, 0) is 79.6 Å². The molecule has 7 rings (SSSR count). The molecule has 0 radical (unpaired) electrons. The van der Waals surface area contributed by atoms with Gasteiger partial charge in [-0.15, -0.1) is 0 Å². The second-order valence-electron chi connectivity index (χ2n) is 12.6. The number of hydrogen-bond donors (Lipinski definition) is 2. The van der Waals surface area contributed by atoms with Gasteiger partial charge in [-0.1, -0.05) is 19.3 Å². The van der Waals surface area contributed by atoms with Crippen molar-refractivity contribution in [2.75, 3.05) is 18.0 Å². The highest BCUT2D eigenvalue weighted by Gasteiger charge is 2.45. The summed E-state index contributed by atoms with van der Waals surface area (Å²) in [6, 6.07) is 11.4. The molecule has 1 saturated carbocycles. The molecule has 4 aliphatic heterocycles. The van der Waals surface area contributed by atoms with E-state index < -0.39 is 23.8 Å². The molecule has 10 heteroatoms. The van der Waals surface area contributed by atoms with Crippen LogP contribution >= 0.6 is 0 Å². The van der Waals surface area contributed by atoms with Crippen LogP contribution in [0.4, 0.5) is 5.69 Å². The minimum absolute atomic E-state index is 0.0174. The van der Waals surface area contributed by atoms with E-state index in [0.29, 0.717) is 28.8 Å². The quantitative estimate of drug-likeness (QED) is 0.519. The number of carbonyl (C=O) groups excluding carboxylic acids is 5. The van der Waals surface area contributed by atoms with Crippen LogP contribution in [0.15, 0.2) is 36.4 Å². The summed E-state index contributed by atoms with van der Waals surface area (Å²) in [5, 5.41) is 5.44. The zero-order valence-electron chi connectivity index (χ0n) is 24.3. The van der Waals surface area contributed by atoms with Crippen molar-refractivity contribution in [3.05, 3.63) is 64.2 Å². The molecule has 2 N–H and O–H groups in total. The van der Waals surface area contributed by atoms with Crippen molar-refractivity contribution in [2.24, 2.45) is 0 Å². The fourth-order valence-electron chi connectivity index (χ4n) is 7.48. The number of piperidine rings is 2. The van der Waals surface area contributed by atoms with Crippen LogP contribution in [-0.2, 0) is 22.7 Å². The maximum Gasteiger partial charge on any atom is 0.262 e. The molecule has 2 saturated heterocycles. The van der Waals surface area contributed by atoms with Gasteiger partial charge in [-0.25, -0.2) is 0 Å². The summed E-state index contributed by atoms with van der Waals surface area (Å²) in [6.07, 6.45) is 8.05. The zero-order valence-corrected chi connectivity index (χ0v) is 24.3. The Morgan fingerprint density at radius 1 is 0.791 bits per heavy atom. The molecule has 3 fully saturated rings. The Morgan fingerprint density at radius 3 is 2.02 bits per heavy atom. The smallest absolute Gasteiger partial charge is 0.262 e. The van der Waals surface area contributed by atoms with Gasteiger partial charge in [0.15, 0.2) is 0 Å². The molecule has 224 valence electrons. The van der Waals surface area contributed by atoms with Gasteiger partial charge in [0.05, 0.1) is 11.1 Å². The van der Waals surface area contributed by atoms with Crippen LogP contribution in [0.2, 0.25) is 0 Å². The standard InChI is InChI=1S/C33H37N5O5/c39-29-11-10-28(31(41)35-29)38-32(42)26-16-21-18-37(19-22(21)17-27(26)33(38)43)25-12-14-36(15-13-25)24-8-6-20(7-9-24)30(40)34-23-4-2-1-3-5-23/h6-9,16-17,23,25,28H,1-5,10-15,18-19H2,(H,34,40)(H,35,39,41). The molecule has 2 aromatic carbocycles. The van der Waals surface area contributed by atoms with Crippen LogP contribution in [0, 0.1) is 0 Å². The van der Waals surface area contributed by atoms with Crippen LogP contribution < -0.4 is 15.5 Å². The van der Waals surface area contributed by atoms with Crippen LogP contribution in [0.5, 0.6) is 0 Å². The third-order valence-corrected chi connectivity index (χ3v) is 9.92. The van der Waals surface area contributed by atoms with Crippen molar-refractivity contribution in [3.63, 3.8) is 0 Å². The minimum Gasteiger partial charge on any atom is -0.371 e. The third kappa shape index (κ3) is 5.22. The predicted molar refractivity (Wildman–Crippen MR) is 158 cm³/mol. The summed E-state index contributed by atoms with van der Waals surface area (Å²) in [5.74, 6) is -1.87. The first kappa shape index (κ1) is 27.8. The summed E-state index contributed by atoms with van der Waals surface area (Å²) < 4.78 is 0. The molecule has 10 nitrogen and oxygen atoms in total. The van der Waals surface area contributed by atoms with Gasteiger partial charge in [0.1, 0.15) is 6.04 Å². The Labute approximate surface area is 250 Å². The molecular weight excluding hydrogens is 546 g/mol. The first-order chi connectivity index (χ1) is 20.9. The topological polar surface area (TPSA) is 119 Å². The molecule has 0 bridgehead atoms. The maximum atomic E-state index is 13.2. The van der Waals surface area contributed by atoms with Crippen LogP contribution in [-0.4, -0.2) is 70.6 Å². The fraction of sp³-hybridized carbons (Fsp3) is 0.485. The highest BCUT2D eigenvalue weighted by atomic mass is 16.2. The average molecular weight is 584 g/mol. The lowest BCUT2D eigenvalue weighted by molar-refractivity contribution is -0.136. The monoisotopic (exact) mass is 583 g/mol. The van der Waals surface area contributed by atoms with Gasteiger partial charge < -0.3 is 10.2 Å². The Kier molecular flexibility index (Phi) is 7.25. The van der Waals surface area contributed by atoms with Crippen LogP contribution in [0.3, 0.4) is 0 Å². The van der Waals surface area contributed by atoms with Crippen molar-refractivity contribution in [2.45, 2.75) is 89.0 Å². The van der Waals surface area contributed by atoms with Crippen molar-refractivity contribution in [1.82, 2.24) is 20.4 Å². The number of anilines is 1. The number of hydrogen-bond acceptors (Lipinski definition) is 7. The predicted octanol–water partition coefficient (Wildman–Crippen LogP) is 3.13. The Balaban J connectivity index is 0.950. The molecule has 1 unspecified atom stereocenters. The molecule has 4 heterocycles. The largest absolute Gasteiger partial charge is 0.371 e. The van der Waals surface area contributed by atoms with E-state index in [-0.39, 0.29) is 24.7 Å². The van der Waals surface area contributed by atoms with Crippen molar-refractivity contribution >= 4 is 35.2 Å². The first-order valence-corrected chi connectivity index (χ1v) is 15.6. The first-order valence-electron chi connectivity index (χ1n) is 15.6. The van der Waals surface area contributed by atoms with Gasteiger partial charge in [-0.3, -0.25) is 39.1 Å². The summed E-state index contributed by atoms with van der Waals surface area (Å²) in [7, 11) is 0.